The second kappa shape index (κ2) is 8.31. The summed E-state index contributed by atoms with van der Waals surface area (Å²) in [5.74, 6) is -0.0514. The monoisotopic (exact) mass is 434 g/mol. The van der Waals surface area contributed by atoms with E-state index in [2.05, 4.69) is 15.0 Å². The maximum atomic E-state index is 12.9. The van der Waals surface area contributed by atoms with Crippen LogP contribution in [-0.2, 0) is 21.2 Å². The number of sulfonamides is 1. The van der Waals surface area contributed by atoms with Gasteiger partial charge in [-0.2, -0.15) is 10.2 Å². The number of rotatable bonds is 5. The molecule has 158 valence electrons. The summed E-state index contributed by atoms with van der Waals surface area (Å²) >= 11 is 0. The largest absolute Gasteiger partial charge is 0.309 e. The number of carbonyl (C=O) groups is 1. The number of carbonyl (C=O) groups excluding carboxylic acids is 1. The van der Waals surface area contributed by atoms with Crippen LogP contribution in [0.1, 0.15) is 19.4 Å². The average Bonchev–Trinajstić information content (AvgIpc) is 3.09. The van der Waals surface area contributed by atoms with Gasteiger partial charge in [0.15, 0.2) is 0 Å². The Labute approximate surface area is 181 Å². The SMILES string of the molecule is CC(=O)N1c2ccc(S(=O)(=O)Nc3ccc(N=Nc4ccccc4)cc3)cc2CC1C. The number of azo groups is 1. The van der Waals surface area contributed by atoms with E-state index >= 15 is 0 Å². The summed E-state index contributed by atoms with van der Waals surface area (Å²) in [5.41, 5.74) is 3.40. The minimum absolute atomic E-state index is 0.0102. The van der Waals surface area contributed by atoms with Crippen LogP contribution in [0.5, 0.6) is 0 Å². The second-order valence-corrected chi connectivity index (χ2v) is 9.10. The Balaban J connectivity index is 1.50. The van der Waals surface area contributed by atoms with Gasteiger partial charge < -0.3 is 4.90 Å². The molecule has 3 aromatic carbocycles. The maximum absolute atomic E-state index is 12.9. The number of nitrogens with one attached hydrogen (secondary N) is 1. The number of hydrogen-bond donors (Lipinski definition) is 1. The molecule has 7 nitrogen and oxygen atoms in total. The van der Waals surface area contributed by atoms with E-state index in [4.69, 9.17) is 0 Å². The van der Waals surface area contributed by atoms with Crippen LogP contribution in [0.2, 0.25) is 0 Å². The summed E-state index contributed by atoms with van der Waals surface area (Å²) in [6, 6.07) is 20.9. The third-order valence-corrected chi connectivity index (χ3v) is 6.45. The molecule has 1 amide bonds. The number of anilines is 2. The fourth-order valence-electron chi connectivity index (χ4n) is 3.67. The fourth-order valence-corrected chi connectivity index (χ4v) is 4.78. The smallest absolute Gasteiger partial charge is 0.261 e. The molecular formula is C23H22N4O3S. The molecule has 1 aliphatic heterocycles. The number of nitrogens with zero attached hydrogens (tertiary/aromatic N) is 3. The number of benzene rings is 3. The molecule has 1 atom stereocenters. The van der Waals surface area contributed by atoms with Crippen LogP contribution in [0.25, 0.3) is 0 Å². The first-order chi connectivity index (χ1) is 14.8. The molecule has 3 aromatic rings. The van der Waals surface area contributed by atoms with Crippen molar-refractivity contribution in [3.8, 4) is 0 Å². The van der Waals surface area contributed by atoms with Gasteiger partial charge in [-0.25, -0.2) is 8.42 Å². The van der Waals surface area contributed by atoms with Crippen molar-refractivity contribution in [1.29, 1.82) is 0 Å². The van der Waals surface area contributed by atoms with Gasteiger partial charge in [-0.3, -0.25) is 9.52 Å². The first-order valence-corrected chi connectivity index (χ1v) is 11.3. The molecule has 0 saturated carbocycles. The summed E-state index contributed by atoms with van der Waals surface area (Å²) in [4.78, 5) is 13.7. The predicted molar refractivity (Wildman–Crippen MR) is 121 cm³/mol. The van der Waals surface area contributed by atoms with Crippen LogP contribution in [0.4, 0.5) is 22.7 Å². The molecule has 4 rings (SSSR count). The van der Waals surface area contributed by atoms with Gasteiger partial charge in [0, 0.05) is 24.3 Å². The molecule has 1 aliphatic rings. The maximum Gasteiger partial charge on any atom is 0.261 e. The lowest BCUT2D eigenvalue weighted by molar-refractivity contribution is -0.116. The summed E-state index contributed by atoms with van der Waals surface area (Å²) < 4.78 is 28.3. The van der Waals surface area contributed by atoms with Gasteiger partial charge >= 0.3 is 0 Å². The predicted octanol–water partition coefficient (Wildman–Crippen LogP) is 5.20. The summed E-state index contributed by atoms with van der Waals surface area (Å²) in [7, 11) is -3.77. The standard InChI is InChI=1S/C23H22N4O3S/c1-16-14-18-15-22(12-13-23(18)27(16)17(2)28)31(29,30)26-21-10-8-20(9-11-21)25-24-19-6-4-3-5-7-19/h3-13,15-16,26H,14H2,1-2H3. The molecule has 0 bridgehead atoms. The second-order valence-electron chi connectivity index (χ2n) is 7.42. The quantitative estimate of drug-likeness (QED) is 0.560. The first kappa shape index (κ1) is 20.7. The average molecular weight is 435 g/mol. The van der Waals surface area contributed by atoms with Crippen molar-refractivity contribution in [2.24, 2.45) is 10.2 Å². The van der Waals surface area contributed by atoms with Gasteiger partial charge in [-0.15, -0.1) is 0 Å². The highest BCUT2D eigenvalue weighted by atomic mass is 32.2. The topological polar surface area (TPSA) is 91.2 Å². The molecule has 1 N–H and O–H groups in total. The molecule has 1 heterocycles. The molecule has 0 saturated heterocycles. The van der Waals surface area contributed by atoms with E-state index in [-0.39, 0.29) is 16.8 Å². The zero-order valence-electron chi connectivity index (χ0n) is 17.2. The van der Waals surface area contributed by atoms with Crippen LogP contribution in [-0.4, -0.2) is 20.4 Å². The zero-order chi connectivity index (χ0) is 22.0. The van der Waals surface area contributed by atoms with Crippen LogP contribution < -0.4 is 9.62 Å². The van der Waals surface area contributed by atoms with Crippen molar-refractivity contribution in [2.45, 2.75) is 31.2 Å². The van der Waals surface area contributed by atoms with E-state index in [1.807, 2.05) is 37.3 Å². The Kier molecular flexibility index (Phi) is 5.56. The van der Waals surface area contributed by atoms with E-state index in [0.29, 0.717) is 17.8 Å². The Morgan fingerprint density at radius 1 is 0.968 bits per heavy atom. The number of fused-ring (bicyclic) bond motifs is 1. The van der Waals surface area contributed by atoms with Crippen LogP contribution in [0.3, 0.4) is 0 Å². The highest BCUT2D eigenvalue weighted by Gasteiger charge is 2.30. The Morgan fingerprint density at radius 2 is 1.61 bits per heavy atom. The Morgan fingerprint density at radius 3 is 2.26 bits per heavy atom. The lowest BCUT2D eigenvalue weighted by atomic mass is 10.1. The molecule has 31 heavy (non-hydrogen) atoms. The summed E-state index contributed by atoms with van der Waals surface area (Å²) in [6.45, 7) is 3.46. The van der Waals surface area contributed by atoms with Crippen molar-refractivity contribution in [2.75, 3.05) is 9.62 Å². The molecule has 0 spiro atoms. The highest BCUT2D eigenvalue weighted by molar-refractivity contribution is 7.92. The Hall–Kier alpha value is -3.52. The van der Waals surface area contributed by atoms with Crippen molar-refractivity contribution in [3.63, 3.8) is 0 Å². The van der Waals surface area contributed by atoms with E-state index < -0.39 is 10.0 Å². The normalized spacial score (nSPS) is 15.8. The van der Waals surface area contributed by atoms with E-state index in [0.717, 1.165) is 16.9 Å². The minimum atomic E-state index is -3.77. The lowest BCUT2D eigenvalue weighted by Crippen LogP contribution is -2.33. The third kappa shape index (κ3) is 4.49. The minimum Gasteiger partial charge on any atom is -0.309 e. The van der Waals surface area contributed by atoms with Crippen LogP contribution in [0.15, 0.2) is 87.9 Å². The van der Waals surface area contributed by atoms with E-state index in [1.54, 1.807) is 41.3 Å². The first-order valence-electron chi connectivity index (χ1n) is 9.86. The molecule has 0 aromatic heterocycles. The van der Waals surface area contributed by atoms with Gasteiger partial charge in [0.25, 0.3) is 10.0 Å². The molecule has 0 radical (unpaired) electrons. The van der Waals surface area contributed by atoms with Crippen LogP contribution in [0, 0.1) is 0 Å². The molecule has 8 heteroatoms. The van der Waals surface area contributed by atoms with Gasteiger partial charge in [-0.05, 0) is 73.5 Å². The highest BCUT2D eigenvalue weighted by Crippen LogP contribution is 2.34. The summed E-state index contributed by atoms with van der Waals surface area (Å²) in [6.07, 6.45) is 0.624. The van der Waals surface area contributed by atoms with Crippen molar-refractivity contribution in [3.05, 3.63) is 78.4 Å². The molecule has 0 fully saturated rings. The van der Waals surface area contributed by atoms with Gasteiger partial charge in [-0.1, -0.05) is 18.2 Å². The number of amides is 1. The third-order valence-electron chi connectivity index (χ3n) is 5.07. The van der Waals surface area contributed by atoms with Gasteiger partial charge in [0.2, 0.25) is 5.91 Å². The van der Waals surface area contributed by atoms with Crippen molar-refractivity contribution < 1.29 is 13.2 Å². The van der Waals surface area contributed by atoms with Crippen LogP contribution >= 0.6 is 0 Å². The number of hydrogen-bond acceptors (Lipinski definition) is 5. The van der Waals surface area contributed by atoms with Gasteiger partial charge in [0.1, 0.15) is 0 Å². The lowest BCUT2D eigenvalue weighted by Gasteiger charge is -2.20. The van der Waals surface area contributed by atoms with E-state index in [9.17, 15) is 13.2 Å². The van der Waals surface area contributed by atoms with Gasteiger partial charge in [0.05, 0.1) is 16.3 Å². The summed E-state index contributed by atoms with van der Waals surface area (Å²) in [5, 5.41) is 8.30. The molecular weight excluding hydrogens is 412 g/mol. The Bertz CT molecular complexity index is 1240. The van der Waals surface area contributed by atoms with Crippen molar-refractivity contribution >= 4 is 38.7 Å². The van der Waals surface area contributed by atoms with Crippen molar-refractivity contribution in [1.82, 2.24) is 0 Å². The molecule has 1 unspecified atom stereocenters. The van der Waals surface area contributed by atoms with E-state index in [1.165, 1.54) is 13.0 Å². The fraction of sp³-hybridized carbons (Fsp3) is 0.174. The molecule has 0 aliphatic carbocycles. The zero-order valence-corrected chi connectivity index (χ0v) is 18.0.